The van der Waals surface area contributed by atoms with Gasteiger partial charge in [0.25, 0.3) is 10.0 Å². The lowest BCUT2D eigenvalue weighted by atomic mass is 10.2. The number of H-pyrrole nitrogens is 1. The average Bonchev–Trinajstić information content (AvgIpc) is 3.20. The first-order valence-electron chi connectivity index (χ1n) is 7.11. The fraction of sp³-hybridized carbons (Fsp3) is 0.750. The second-order valence-corrected chi connectivity index (χ2v) is 9.09. The molecule has 118 valence electrons. The van der Waals surface area contributed by atoms with E-state index in [-0.39, 0.29) is 5.03 Å². The summed E-state index contributed by atoms with van der Waals surface area (Å²) < 4.78 is 38.2. The van der Waals surface area contributed by atoms with E-state index in [2.05, 4.69) is 15.5 Å². The van der Waals surface area contributed by atoms with Gasteiger partial charge >= 0.3 is 0 Å². The minimum absolute atomic E-state index is 0.112. The highest BCUT2D eigenvalue weighted by Gasteiger charge is 2.33. The average molecular weight is 332 g/mol. The van der Waals surface area contributed by atoms with Crippen molar-refractivity contribution < 1.29 is 12.6 Å². The number of aryl methyl sites for hydroxylation is 1. The summed E-state index contributed by atoms with van der Waals surface area (Å²) in [5.74, 6) is 0.802. The maximum Gasteiger partial charge on any atom is 0.262 e. The molecule has 1 aliphatic heterocycles. The van der Waals surface area contributed by atoms with Gasteiger partial charge in [-0.05, 0) is 19.8 Å². The van der Waals surface area contributed by atoms with Crippen molar-refractivity contribution in [3.63, 3.8) is 0 Å². The Kier molecular flexibility index (Phi) is 4.17. The second kappa shape index (κ2) is 5.79. The lowest BCUT2D eigenvalue weighted by Crippen LogP contribution is -2.42. The molecule has 1 aromatic rings. The molecule has 21 heavy (non-hydrogen) atoms. The quantitative estimate of drug-likeness (QED) is 0.773. The lowest BCUT2D eigenvalue weighted by molar-refractivity contribution is 0.435. The van der Waals surface area contributed by atoms with Crippen LogP contribution in [-0.4, -0.2) is 57.8 Å². The number of nitrogens with zero attached hydrogens (tertiary/aromatic N) is 2. The van der Waals surface area contributed by atoms with Gasteiger partial charge in [0.2, 0.25) is 0 Å². The van der Waals surface area contributed by atoms with E-state index in [1.54, 1.807) is 0 Å². The fourth-order valence-electron chi connectivity index (χ4n) is 2.37. The van der Waals surface area contributed by atoms with Crippen molar-refractivity contribution >= 4 is 20.8 Å². The number of rotatable bonds is 5. The van der Waals surface area contributed by atoms with Gasteiger partial charge < -0.3 is 5.32 Å². The van der Waals surface area contributed by atoms with Crippen LogP contribution in [-0.2, 0) is 27.4 Å². The van der Waals surface area contributed by atoms with Crippen LogP contribution in [0.2, 0.25) is 0 Å². The smallest absolute Gasteiger partial charge is 0.262 e. The molecule has 1 aromatic heterocycles. The van der Waals surface area contributed by atoms with Crippen LogP contribution in [0.1, 0.15) is 24.1 Å². The largest absolute Gasteiger partial charge is 0.310 e. The Morgan fingerprint density at radius 3 is 2.67 bits per heavy atom. The molecule has 2 N–H and O–H groups in total. The van der Waals surface area contributed by atoms with Gasteiger partial charge in [0, 0.05) is 59.2 Å². The molecule has 0 radical (unpaired) electrons. The number of hydrogen-bond donors (Lipinski definition) is 2. The van der Waals surface area contributed by atoms with Crippen LogP contribution in [0, 0.1) is 6.92 Å². The normalized spacial score (nSPS) is 21.8. The highest BCUT2D eigenvalue weighted by molar-refractivity contribution is 7.89. The Hall–Kier alpha value is -0.770. The predicted molar refractivity (Wildman–Crippen MR) is 79.8 cm³/mol. The summed E-state index contributed by atoms with van der Waals surface area (Å²) in [5.41, 5.74) is 1.50. The van der Waals surface area contributed by atoms with Crippen molar-refractivity contribution in [2.75, 3.05) is 24.6 Å². The third kappa shape index (κ3) is 3.20. The Labute approximate surface area is 127 Å². The van der Waals surface area contributed by atoms with Gasteiger partial charge in [-0.1, -0.05) is 0 Å². The fourth-order valence-corrected chi connectivity index (χ4v) is 5.26. The first-order valence-corrected chi connectivity index (χ1v) is 10.0. The summed E-state index contributed by atoms with van der Waals surface area (Å²) in [6.07, 6.45) is 2.30. The Morgan fingerprint density at radius 2 is 2.05 bits per heavy atom. The van der Waals surface area contributed by atoms with Crippen molar-refractivity contribution in [2.24, 2.45) is 0 Å². The molecule has 1 saturated carbocycles. The van der Waals surface area contributed by atoms with Gasteiger partial charge in [-0.15, -0.1) is 0 Å². The summed E-state index contributed by atoms with van der Waals surface area (Å²) in [6, 6.07) is 0.507. The van der Waals surface area contributed by atoms with Gasteiger partial charge in [0.05, 0.1) is 0 Å². The molecule has 0 amide bonds. The topological polar surface area (TPSA) is 95.2 Å². The number of hydrogen-bond acceptors (Lipinski definition) is 5. The molecule has 2 aliphatic rings. The maximum atomic E-state index is 12.7. The van der Waals surface area contributed by atoms with E-state index in [1.807, 2.05) is 6.92 Å². The molecule has 7 nitrogen and oxygen atoms in total. The van der Waals surface area contributed by atoms with Crippen LogP contribution in [0.5, 0.6) is 0 Å². The molecule has 0 spiro atoms. The number of sulfonamides is 1. The maximum absolute atomic E-state index is 12.7. The van der Waals surface area contributed by atoms with E-state index in [1.165, 1.54) is 4.31 Å². The number of nitrogens with one attached hydrogen (secondary N) is 2. The van der Waals surface area contributed by atoms with Crippen LogP contribution >= 0.6 is 0 Å². The van der Waals surface area contributed by atoms with E-state index >= 15 is 0 Å². The molecule has 2 heterocycles. The minimum Gasteiger partial charge on any atom is -0.310 e. The summed E-state index contributed by atoms with van der Waals surface area (Å²) >= 11 is 0. The predicted octanol–water partition coefficient (Wildman–Crippen LogP) is -0.277. The van der Waals surface area contributed by atoms with E-state index in [0.29, 0.717) is 42.7 Å². The van der Waals surface area contributed by atoms with E-state index in [9.17, 15) is 12.6 Å². The Balaban J connectivity index is 1.82. The summed E-state index contributed by atoms with van der Waals surface area (Å²) in [4.78, 5) is 0. The molecule has 2 fully saturated rings. The summed E-state index contributed by atoms with van der Waals surface area (Å²) in [5, 5.41) is 10.2. The van der Waals surface area contributed by atoms with Gasteiger partial charge in [0.15, 0.2) is 5.03 Å². The minimum atomic E-state index is -3.61. The van der Waals surface area contributed by atoms with Gasteiger partial charge in [-0.25, -0.2) is 8.42 Å². The SMILES string of the molecule is Cc1[nH]nc(S(=O)(=O)N2CCS(=O)CC2)c1CNC1CC1. The second-order valence-electron chi connectivity index (χ2n) is 5.54. The molecule has 0 atom stereocenters. The lowest BCUT2D eigenvalue weighted by Gasteiger charge is -2.25. The van der Waals surface area contributed by atoms with Crippen molar-refractivity contribution in [3.8, 4) is 0 Å². The zero-order chi connectivity index (χ0) is 15.0. The van der Waals surface area contributed by atoms with Crippen molar-refractivity contribution in [3.05, 3.63) is 11.3 Å². The summed E-state index contributed by atoms with van der Waals surface area (Å²) in [6.45, 7) is 2.95. The van der Waals surface area contributed by atoms with Gasteiger partial charge in [0.1, 0.15) is 0 Å². The van der Waals surface area contributed by atoms with Crippen LogP contribution in [0.3, 0.4) is 0 Å². The van der Waals surface area contributed by atoms with Gasteiger partial charge in [-0.2, -0.15) is 9.40 Å². The molecule has 0 bridgehead atoms. The monoisotopic (exact) mass is 332 g/mol. The molecule has 0 aromatic carbocycles. The van der Waals surface area contributed by atoms with E-state index < -0.39 is 20.8 Å². The van der Waals surface area contributed by atoms with Crippen molar-refractivity contribution in [1.82, 2.24) is 19.8 Å². The van der Waals surface area contributed by atoms with E-state index in [4.69, 9.17) is 0 Å². The third-order valence-electron chi connectivity index (χ3n) is 3.90. The third-order valence-corrected chi connectivity index (χ3v) is 7.05. The van der Waals surface area contributed by atoms with Crippen LogP contribution in [0.15, 0.2) is 5.03 Å². The van der Waals surface area contributed by atoms with Crippen LogP contribution in [0.25, 0.3) is 0 Å². The molecular formula is C12H20N4O3S2. The zero-order valence-corrected chi connectivity index (χ0v) is 13.6. The molecule has 1 saturated heterocycles. The molecule has 9 heteroatoms. The summed E-state index contributed by atoms with van der Waals surface area (Å²) in [7, 11) is -4.51. The Bertz CT molecular complexity index is 641. The molecule has 0 unspecified atom stereocenters. The first kappa shape index (κ1) is 15.1. The van der Waals surface area contributed by atoms with E-state index in [0.717, 1.165) is 18.5 Å². The standard InChI is InChI=1S/C12H20N4O3S2/c1-9-11(8-13-10-2-3-10)12(15-14-9)21(18,19)16-4-6-20(17)7-5-16/h10,13H,2-8H2,1H3,(H,14,15). The molecule has 3 rings (SSSR count). The Morgan fingerprint density at radius 1 is 1.38 bits per heavy atom. The van der Waals surface area contributed by atoms with Crippen molar-refractivity contribution in [1.29, 1.82) is 0 Å². The number of aromatic nitrogens is 2. The van der Waals surface area contributed by atoms with Crippen molar-refractivity contribution in [2.45, 2.75) is 37.4 Å². The van der Waals surface area contributed by atoms with Gasteiger partial charge in [-0.3, -0.25) is 9.31 Å². The zero-order valence-electron chi connectivity index (χ0n) is 12.0. The highest BCUT2D eigenvalue weighted by Crippen LogP contribution is 2.24. The first-order chi connectivity index (χ1) is 9.98. The van der Waals surface area contributed by atoms with Crippen LogP contribution in [0.4, 0.5) is 0 Å². The molecular weight excluding hydrogens is 312 g/mol. The number of aromatic amines is 1. The highest BCUT2D eigenvalue weighted by atomic mass is 32.2. The van der Waals surface area contributed by atoms with Crippen LogP contribution < -0.4 is 5.32 Å². The molecule has 1 aliphatic carbocycles.